The number of likely N-dealkylation sites (N-methyl/N-ethyl adjacent to an activating group) is 1. The molecule has 0 rings (SSSR count). The first kappa shape index (κ1) is 8.27. The molecular formula is C5H13NOS. The second kappa shape index (κ2) is 5.41. The molecule has 0 aliphatic heterocycles. The molecule has 0 aromatic carbocycles. The second-order valence-electron chi connectivity index (χ2n) is 1.84. The highest BCUT2D eigenvalue weighted by Gasteiger charge is 1.86. The Labute approximate surface area is 56.2 Å². The number of hydrogen-bond donors (Lipinski definition) is 1. The van der Waals surface area contributed by atoms with Gasteiger partial charge in [0.15, 0.2) is 0 Å². The van der Waals surface area contributed by atoms with Gasteiger partial charge in [-0.3, -0.25) is 0 Å². The van der Waals surface area contributed by atoms with Gasteiger partial charge in [0.25, 0.3) is 0 Å². The molecule has 0 aromatic rings. The van der Waals surface area contributed by atoms with Crippen LogP contribution in [0.25, 0.3) is 0 Å². The van der Waals surface area contributed by atoms with Gasteiger partial charge in [0.05, 0.1) is 12.5 Å². The second-order valence-corrected chi connectivity index (χ2v) is 2.10. The lowest BCUT2D eigenvalue weighted by Gasteiger charge is -2.07. The van der Waals surface area contributed by atoms with E-state index in [1.165, 1.54) is 0 Å². The zero-order valence-corrected chi connectivity index (χ0v) is 6.32. The van der Waals surface area contributed by atoms with Crippen molar-refractivity contribution in [3.63, 3.8) is 0 Å². The van der Waals surface area contributed by atoms with Gasteiger partial charge in [0.1, 0.15) is 0 Å². The average molecular weight is 135 g/mol. The lowest BCUT2D eigenvalue weighted by Crippen LogP contribution is -2.17. The Morgan fingerprint density at radius 1 is 1.50 bits per heavy atom. The van der Waals surface area contributed by atoms with Crippen LogP contribution in [-0.4, -0.2) is 38.1 Å². The molecule has 2 nitrogen and oxygen atoms in total. The van der Waals surface area contributed by atoms with Crippen molar-refractivity contribution >= 4 is 12.6 Å². The van der Waals surface area contributed by atoms with Gasteiger partial charge in [-0.05, 0) is 14.1 Å². The van der Waals surface area contributed by atoms with Crippen LogP contribution < -0.4 is 0 Å². The third-order valence-corrected chi connectivity index (χ3v) is 0.957. The fourth-order valence-electron chi connectivity index (χ4n) is 0.312. The summed E-state index contributed by atoms with van der Waals surface area (Å²) in [5.41, 5.74) is 0. The summed E-state index contributed by atoms with van der Waals surface area (Å²) < 4.78 is 4.97. The van der Waals surface area contributed by atoms with Gasteiger partial charge in [-0.25, -0.2) is 0 Å². The van der Waals surface area contributed by atoms with Gasteiger partial charge in [-0.15, -0.1) is 0 Å². The molecule has 0 saturated carbocycles. The summed E-state index contributed by atoms with van der Waals surface area (Å²) in [6.07, 6.45) is 0. The largest absolute Gasteiger partial charge is 0.370 e. The van der Waals surface area contributed by atoms with Crippen LogP contribution in [0.4, 0.5) is 0 Å². The first-order valence-corrected chi connectivity index (χ1v) is 3.24. The monoisotopic (exact) mass is 135 g/mol. The van der Waals surface area contributed by atoms with E-state index in [2.05, 4.69) is 17.5 Å². The standard InChI is InChI=1S/C5H13NOS/c1-6(2)3-4-7-5-8/h8H,3-5H2,1-2H3. The highest BCUT2D eigenvalue weighted by molar-refractivity contribution is 7.80. The molecule has 0 spiro atoms. The minimum Gasteiger partial charge on any atom is -0.370 e. The Balaban J connectivity index is 2.72. The molecule has 50 valence electrons. The number of nitrogens with zero attached hydrogens (tertiary/aromatic N) is 1. The molecule has 0 fully saturated rings. The van der Waals surface area contributed by atoms with Crippen LogP contribution in [0.15, 0.2) is 0 Å². The first-order chi connectivity index (χ1) is 3.77. The van der Waals surface area contributed by atoms with Crippen molar-refractivity contribution in [1.29, 1.82) is 0 Å². The Morgan fingerprint density at radius 3 is 2.50 bits per heavy atom. The molecule has 0 saturated heterocycles. The van der Waals surface area contributed by atoms with Crippen molar-refractivity contribution in [2.45, 2.75) is 0 Å². The van der Waals surface area contributed by atoms with E-state index in [0.29, 0.717) is 5.94 Å². The minimum absolute atomic E-state index is 0.522. The molecule has 0 unspecified atom stereocenters. The van der Waals surface area contributed by atoms with Crippen molar-refractivity contribution < 1.29 is 4.74 Å². The van der Waals surface area contributed by atoms with Crippen molar-refractivity contribution in [3.8, 4) is 0 Å². The van der Waals surface area contributed by atoms with E-state index in [9.17, 15) is 0 Å². The summed E-state index contributed by atoms with van der Waals surface area (Å²) in [5.74, 6) is 0.522. The molecule has 0 radical (unpaired) electrons. The SMILES string of the molecule is CN(C)CCOCS. The van der Waals surface area contributed by atoms with Gasteiger partial charge in [0, 0.05) is 6.54 Å². The zero-order chi connectivity index (χ0) is 6.41. The molecule has 0 atom stereocenters. The highest BCUT2D eigenvalue weighted by atomic mass is 32.1. The van der Waals surface area contributed by atoms with E-state index in [1.54, 1.807) is 0 Å². The maximum absolute atomic E-state index is 4.97. The molecule has 0 bridgehead atoms. The van der Waals surface area contributed by atoms with Crippen LogP contribution in [-0.2, 0) is 4.74 Å². The van der Waals surface area contributed by atoms with E-state index < -0.39 is 0 Å². The van der Waals surface area contributed by atoms with Crippen LogP contribution in [0.5, 0.6) is 0 Å². The normalized spacial score (nSPS) is 10.5. The summed E-state index contributed by atoms with van der Waals surface area (Å²) >= 11 is 3.88. The fraction of sp³-hybridized carbons (Fsp3) is 1.00. The molecule has 0 aliphatic carbocycles. The molecule has 8 heavy (non-hydrogen) atoms. The van der Waals surface area contributed by atoms with Crippen LogP contribution in [0, 0.1) is 0 Å². The zero-order valence-electron chi connectivity index (χ0n) is 5.42. The van der Waals surface area contributed by atoms with E-state index in [4.69, 9.17) is 4.74 Å². The number of rotatable bonds is 4. The van der Waals surface area contributed by atoms with Crippen LogP contribution >= 0.6 is 12.6 Å². The number of thiol groups is 1. The van der Waals surface area contributed by atoms with Crippen molar-refractivity contribution in [3.05, 3.63) is 0 Å². The van der Waals surface area contributed by atoms with Crippen LogP contribution in [0.2, 0.25) is 0 Å². The van der Waals surface area contributed by atoms with Crippen molar-refractivity contribution in [2.75, 3.05) is 33.2 Å². The average Bonchev–Trinajstić information content (AvgIpc) is 1.66. The van der Waals surface area contributed by atoms with Gasteiger partial charge < -0.3 is 9.64 Å². The maximum Gasteiger partial charge on any atom is 0.0893 e. The fourth-order valence-corrected chi connectivity index (χ4v) is 0.441. The van der Waals surface area contributed by atoms with E-state index >= 15 is 0 Å². The molecule has 0 N–H and O–H groups in total. The van der Waals surface area contributed by atoms with E-state index in [1.807, 2.05) is 14.1 Å². The third kappa shape index (κ3) is 6.27. The van der Waals surface area contributed by atoms with Crippen molar-refractivity contribution in [2.24, 2.45) is 0 Å². The lowest BCUT2D eigenvalue weighted by molar-refractivity contribution is 0.160. The predicted molar refractivity (Wildman–Crippen MR) is 38.4 cm³/mol. The number of hydrogen-bond acceptors (Lipinski definition) is 3. The van der Waals surface area contributed by atoms with Gasteiger partial charge >= 0.3 is 0 Å². The van der Waals surface area contributed by atoms with Gasteiger partial charge in [0.2, 0.25) is 0 Å². The summed E-state index contributed by atoms with van der Waals surface area (Å²) in [5, 5.41) is 0. The Bertz CT molecular complexity index is 49.7. The van der Waals surface area contributed by atoms with E-state index in [-0.39, 0.29) is 0 Å². The Kier molecular flexibility index (Phi) is 5.59. The van der Waals surface area contributed by atoms with Crippen LogP contribution in [0.1, 0.15) is 0 Å². The Hall–Kier alpha value is 0.270. The first-order valence-electron chi connectivity index (χ1n) is 2.60. The molecule has 0 aliphatic rings. The summed E-state index contributed by atoms with van der Waals surface area (Å²) in [6.45, 7) is 1.75. The highest BCUT2D eigenvalue weighted by Crippen LogP contribution is 1.79. The summed E-state index contributed by atoms with van der Waals surface area (Å²) in [7, 11) is 4.03. The number of ether oxygens (including phenoxy) is 1. The molecule has 0 aromatic heterocycles. The smallest absolute Gasteiger partial charge is 0.0893 e. The minimum atomic E-state index is 0.522. The van der Waals surface area contributed by atoms with Gasteiger partial charge in [-0.1, -0.05) is 0 Å². The van der Waals surface area contributed by atoms with E-state index in [0.717, 1.165) is 13.2 Å². The topological polar surface area (TPSA) is 12.5 Å². The summed E-state index contributed by atoms with van der Waals surface area (Å²) in [6, 6.07) is 0. The molecule has 0 heterocycles. The lowest BCUT2D eigenvalue weighted by atomic mass is 10.6. The third-order valence-electron chi connectivity index (χ3n) is 0.774. The van der Waals surface area contributed by atoms with Crippen molar-refractivity contribution in [1.82, 2.24) is 4.90 Å². The molecule has 3 heteroatoms. The quantitative estimate of drug-likeness (QED) is 0.341. The molecular weight excluding hydrogens is 122 g/mol. The maximum atomic E-state index is 4.97. The predicted octanol–water partition coefficient (Wildman–Crippen LogP) is 0.452. The Morgan fingerprint density at radius 2 is 2.12 bits per heavy atom. The summed E-state index contributed by atoms with van der Waals surface area (Å²) in [4.78, 5) is 2.07. The van der Waals surface area contributed by atoms with Gasteiger partial charge in [-0.2, -0.15) is 12.6 Å². The van der Waals surface area contributed by atoms with Crippen LogP contribution in [0.3, 0.4) is 0 Å². The molecule has 0 amide bonds.